The Morgan fingerprint density at radius 1 is 0.600 bits per heavy atom. The molecule has 0 aromatic heterocycles. The lowest BCUT2D eigenvalue weighted by Crippen LogP contribution is -2.23. The van der Waals surface area contributed by atoms with Crippen molar-refractivity contribution in [1.82, 2.24) is 0 Å². The summed E-state index contributed by atoms with van der Waals surface area (Å²) in [6, 6.07) is 49.9. The quantitative estimate of drug-likeness (QED) is 0.165. The first kappa shape index (κ1) is 31.7. The maximum atomic E-state index is 2.43. The van der Waals surface area contributed by atoms with Crippen molar-refractivity contribution in [3.05, 3.63) is 204 Å². The van der Waals surface area contributed by atoms with E-state index in [1.165, 1.54) is 56.4 Å². The molecular weight excluding hydrogens is 605 g/mol. The topological polar surface area (TPSA) is 6.48 Å². The summed E-state index contributed by atoms with van der Waals surface area (Å²) in [5, 5.41) is 0. The van der Waals surface area contributed by atoms with Crippen LogP contribution in [0.5, 0.6) is 0 Å². The Morgan fingerprint density at radius 3 is 1.68 bits per heavy atom. The van der Waals surface area contributed by atoms with E-state index in [-0.39, 0.29) is 5.41 Å². The van der Waals surface area contributed by atoms with Crippen molar-refractivity contribution in [2.24, 2.45) is 11.8 Å². The Morgan fingerprint density at radius 2 is 1.14 bits per heavy atom. The zero-order chi connectivity index (χ0) is 34.1. The number of anilines is 5. The molecule has 0 radical (unpaired) electrons. The van der Waals surface area contributed by atoms with Crippen LogP contribution in [-0.4, -0.2) is 0 Å². The number of benzene rings is 5. The highest BCUT2D eigenvalue weighted by Crippen LogP contribution is 2.52. The van der Waals surface area contributed by atoms with Crippen molar-refractivity contribution in [2.45, 2.75) is 39.0 Å². The van der Waals surface area contributed by atoms with E-state index in [1.54, 1.807) is 5.57 Å². The average Bonchev–Trinajstić information content (AvgIpc) is 3.38. The van der Waals surface area contributed by atoms with Gasteiger partial charge in [0.15, 0.2) is 0 Å². The van der Waals surface area contributed by atoms with Crippen LogP contribution in [0, 0.1) is 11.8 Å². The van der Waals surface area contributed by atoms with Gasteiger partial charge in [-0.25, -0.2) is 0 Å². The Labute approximate surface area is 297 Å². The van der Waals surface area contributed by atoms with E-state index in [4.69, 9.17) is 0 Å². The first-order valence-electron chi connectivity index (χ1n) is 17.9. The molecule has 2 nitrogen and oxygen atoms in total. The molecule has 0 saturated heterocycles. The van der Waals surface area contributed by atoms with Gasteiger partial charge in [0.25, 0.3) is 0 Å². The van der Waals surface area contributed by atoms with Crippen LogP contribution in [0.2, 0.25) is 0 Å². The summed E-state index contributed by atoms with van der Waals surface area (Å²) in [6.07, 6.45) is 16.3. The molecule has 5 aromatic rings. The van der Waals surface area contributed by atoms with Gasteiger partial charge in [-0.15, -0.1) is 0 Å². The van der Waals surface area contributed by atoms with Crippen LogP contribution in [0.4, 0.5) is 28.4 Å². The van der Waals surface area contributed by atoms with Crippen molar-refractivity contribution < 1.29 is 0 Å². The maximum absolute atomic E-state index is 2.43. The van der Waals surface area contributed by atoms with Crippen LogP contribution in [0.25, 0.3) is 5.57 Å². The van der Waals surface area contributed by atoms with E-state index in [0.717, 1.165) is 12.8 Å². The molecule has 5 aromatic carbocycles. The third-order valence-electron chi connectivity index (χ3n) is 10.6. The molecule has 3 aliphatic carbocycles. The number of fused-ring (bicyclic) bond motifs is 2. The molecule has 0 spiro atoms. The van der Waals surface area contributed by atoms with Gasteiger partial charge in [-0.2, -0.15) is 0 Å². The summed E-state index contributed by atoms with van der Waals surface area (Å²) >= 11 is 0. The SMILES string of the molecule is CC1CC(/C=C/C2C=CC3=C(C2)C(C)(C)c2cc(N(c4ccccc4)c4ccccc4)ccc23)=CC=C1N(c1ccccc1)c1ccccc1. The highest BCUT2D eigenvalue weighted by molar-refractivity contribution is 5.89. The van der Waals surface area contributed by atoms with Gasteiger partial charge in [0, 0.05) is 45.5 Å². The fourth-order valence-electron chi connectivity index (χ4n) is 8.05. The van der Waals surface area contributed by atoms with E-state index >= 15 is 0 Å². The minimum Gasteiger partial charge on any atom is -0.314 e. The van der Waals surface area contributed by atoms with Crippen molar-refractivity contribution in [3.8, 4) is 0 Å². The monoisotopic (exact) mass is 648 g/mol. The third kappa shape index (κ3) is 5.96. The van der Waals surface area contributed by atoms with Crippen molar-refractivity contribution in [2.75, 3.05) is 9.80 Å². The van der Waals surface area contributed by atoms with Crippen LogP contribution in [0.15, 0.2) is 193 Å². The summed E-state index contributed by atoms with van der Waals surface area (Å²) in [4.78, 5) is 4.77. The number of hydrogen-bond donors (Lipinski definition) is 0. The Hall–Kier alpha value is -5.60. The fraction of sp³-hybridized carbons (Fsp3) is 0.167. The first-order valence-corrected chi connectivity index (χ1v) is 17.9. The maximum Gasteiger partial charge on any atom is 0.0465 e. The molecule has 50 heavy (non-hydrogen) atoms. The highest BCUT2D eigenvalue weighted by atomic mass is 15.2. The number of para-hydroxylation sites is 4. The summed E-state index contributed by atoms with van der Waals surface area (Å²) in [7, 11) is 0. The van der Waals surface area contributed by atoms with Gasteiger partial charge in [-0.3, -0.25) is 0 Å². The first-order chi connectivity index (χ1) is 24.5. The van der Waals surface area contributed by atoms with Gasteiger partial charge in [0.2, 0.25) is 0 Å². The van der Waals surface area contributed by atoms with Gasteiger partial charge in [-0.05, 0) is 108 Å². The minimum absolute atomic E-state index is 0.0504. The normalized spacial score (nSPS) is 19.1. The molecule has 0 heterocycles. The molecule has 0 bridgehead atoms. The number of nitrogens with zero attached hydrogens (tertiary/aromatic N) is 2. The molecule has 0 aliphatic heterocycles. The summed E-state index contributed by atoms with van der Waals surface area (Å²) in [5.74, 6) is 0.763. The molecule has 246 valence electrons. The molecule has 0 saturated carbocycles. The lowest BCUT2D eigenvalue weighted by molar-refractivity contribution is 0.583. The number of rotatable bonds is 8. The van der Waals surface area contributed by atoms with Crippen LogP contribution in [0.1, 0.15) is 44.7 Å². The van der Waals surface area contributed by atoms with Gasteiger partial charge in [-0.1, -0.05) is 136 Å². The molecule has 3 aliphatic rings. The van der Waals surface area contributed by atoms with E-state index in [9.17, 15) is 0 Å². The summed E-state index contributed by atoms with van der Waals surface area (Å²) in [5.41, 5.74) is 14.3. The van der Waals surface area contributed by atoms with Gasteiger partial charge in [0.05, 0.1) is 0 Å². The second kappa shape index (κ2) is 13.4. The lowest BCUT2D eigenvalue weighted by atomic mass is 9.76. The van der Waals surface area contributed by atoms with Crippen molar-refractivity contribution in [1.29, 1.82) is 0 Å². The zero-order valence-electron chi connectivity index (χ0n) is 29.2. The molecule has 8 rings (SSSR count). The fourth-order valence-corrected chi connectivity index (χ4v) is 8.05. The van der Waals surface area contributed by atoms with Crippen LogP contribution in [-0.2, 0) is 5.41 Å². The molecular formula is C48H44N2. The average molecular weight is 649 g/mol. The molecule has 2 heteroatoms. The molecule has 2 atom stereocenters. The predicted octanol–water partition coefficient (Wildman–Crippen LogP) is 13.0. The highest BCUT2D eigenvalue weighted by Gasteiger charge is 2.39. The van der Waals surface area contributed by atoms with Crippen LogP contribution < -0.4 is 9.80 Å². The van der Waals surface area contributed by atoms with Gasteiger partial charge < -0.3 is 9.80 Å². The van der Waals surface area contributed by atoms with Crippen LogP contribution in [0.3, 0.4) is 0 Å². The lowest BCUT2D eigenvalue weighted by Gasteiger charge is -2.33. The summed E-state index contributed by atoms with van der Waals surface area (Å²) < 4.78 is 0. The third-order valence-corrected chi connectivity index (χ3v) is 10.6. The second-order valence-corrected chi connectivity index (χ2v) is 14.3. The molecule has 0 amide bonds. The van der Waals surface area contributed by atoms with E-state index in [1.807, 2.05) is 0 Å². The van der Waals surface area contributed by atoms with E-state index in [0.29, 0.717) is 11.8 Å². The largest absolute Gasteiger partial charge is 0.314 e. The van der Waals surface area contributed by atoms with E-state index in [2.05, 4.69) is 207 Å². The van der Waals surface area contributed by atoms with E-state index < -0.39 is 0 Å². The van der Waals surface area contributed by atoms with Gasteiger partial charge in [0.1, 0.15) is 0 Å². The molecule has 0 N–H and O–H groups in total. The summed E-state index contributed by atoms with van der Waals surface area (Å²) in [6.45, 7) is 7.18. The van der Waals surface area contributed by atoms with Gasteiger partial charge >= 0.3 is 0 Å². The van der Waals surface area contributed by atoms with Crippen molar-refractivity contribution >= 4 is 34.0 Å². The number of hydrogen-bond acceptors (Lipinski definition) is 2. The van der Waals surface area contributed by atoms with Crippen molar-refractivity contribution in [3.63, 3.8) is 0 Å². The van der Waals surface area contributed by atoms with Crippen LogP contribution >= 0.6 is 0 Å². The minimum atomic E-state index is -0.0504. The Kier molecular flexibility index (Phi) is 8.46. The second-order valence-electron chi connectivity index (χ2n) is 14.3. The standard InChI is InChI=1S/C48H44N2/c1-35-32-36(27-31-47(35)50(40-20-12-6-13-21-40)41-22-14-7-15-23-41)24-25-37-26-29-43-44-30-28-42(34-46(44)48(2,3)45(43)33-37)49(38-16-8-4-9-17-38)39-18-10-5-11-19-39/h4-31,34-35,37H,32-33H2,1-3H3/b25-24+. The smallest absolute Gasteiger partial charge is 0.0465 e. The molecule has 0 fully saturated rings. The predicted molar refractivity (Wildman–Crippen MR) is 212 cm³/mol. The Bertz CT molecular complexity index is 2050. The number of allylic oxidation sites excluding steroid dienone is 10. The Balaban J connectivity index is 1.03. The molecule has 2 unspecified atom stereocenters. The zero-order valence-corrected chi connectivity index (χ0v) is 29.2.